The van der Waals surface area contributed by atoms with Gasteiger partial charge in [-0.05, 0) is 49.8 Å². The zero-order valence-electron chi connectivity index (χ0n) is 16.9. The summed E-state index contributed by atoms with van der Waals surface area (Å²) in [5.74, 6) is 0. The standard InChI is InChI=1S/C25H33N3/c1-3-9-21(10-4-1)19-25(15-7-2-8-16-25)27-17-13-22(14-18-27)28-20-26-23-11-5-6-12-24(23)28/h1,3-6,9-12,22,26H,2,7-8,13-20H2. The van der Waals surface area contributed by atoms with Gasteiger partial charge in [-0.15, -0.1) is 0 Å². The van der Waals surface area contributed by atoms with Crippen LogP contribution in [0.25, 0.3) is 0 Å². The van der Waals surface area contributed by atoms with Crippen molar-refractivity contribution in [2.45, 2.75) is 62.9 Å². The molecule has 0 aromatic heterocycles. The van der Waals surface area contributed by atoms with E-state index >= 15 is 0 Å². The minimum absolute atomic E-state index is 0.395. The summed E-state index contributed by atoms with van der Waals surface area (Å²) < 4.78 is 0. The minimum atomic E-state index is 0.395. The molecule has 28 heavy (non-hydrogen) atoms. The van der Waals surface area contributed by atoms with Crippen molar-refractivity contribution in [3.05, 3.63) is 60.2 Å². The van der Waals surface area contributed by atoms with Crippen LogP contribution in [-0.4, -0.2) is 36.2 Å². The number of rotatable bonds is 4. The Labute approximate surface area is 169 Å². The van der Waals surface area contributed by atoms with E-state index in [1.165, 1.54) is 81.4 Å². The van der Waals surface area contributed by atoms with E-state index in [1.807, 2.05) is 0 Å². The first-order chi connectivity index (χ1) is 13.8. The monoisotopic (exact) mass is 375 g/mol. The molecule has 1 aliphatic carbocycles. The van der Waals surface area contributed by atoms with Crippen LogP contribution in [0.3, 0.4) is 0 Å². The Morgan fingerprint density at radius 1 is 0.857 bits per heavy atom. The Morgan fingerprint density at radius 3 is 2.36 bits per heavy atom. The predicted octanol–water partition coefficient (Wildman–Crippen LogP) is 5.29. The lowest BCUT2D eigenvalue weighted by atomic mass is 9.75. The zero-order chi connectivity index (χ0) is 18.8. The topological polar surface area (TPSA) is 18.5 Å². The van der Waals surface area contributed by atoms with E-state index in [4.69, 9.17) is 0 Å². The molecule has 0 spiro atoms. The van der Waals surface area contributed by atoms with Crippen LogP contribution in [0.4, 0.5) is 11.4 Å². The maximum absolute atomic E-state index is 3.57. The second kappa shape index (κ2) is 7.79. The molecule has 3 aliphatic rings. The van der Waals surface area contributed by atoms with Crippen molar-refractivity contribution in [1.82, 2.24) is 4.90 Å². The maximum atomic E-state index is 3.57. The molecule has 2 aliphatic heterocycles. The smallest absolute Gasteiger partial charge is 0.0880 e. The average molecular weight is 376 g/mol. The van der Waals surface area contributed by atoms with Crippen LogP contribution >= 0.6 is 0 Å². The zero-order valence-corrected chi connectivity index (χ0v) is 16.9. The highest BCUT2D eigenvalue weighted by molar-refractivity contribution is 5.74. The number of anilines is 2. The number of nitrogens with zero attached hydrogens (tertiary/aromatic N) is 2. The molecule has 2 fully saturated rings. The maximum Gasteiger partial charge on any atom is 0.0880 e. The first-order valence-corrected chi connectivity index (χ1v) is 11.2. The van der Waals surface area contributed by atoms with E-state index in [0.717, 1.165) is 6.67 Å². The van der Waals surface area contributed by atoms with Gasteiger partial charge in [-0.25, -0.2) is 0 Å². The molecule has 1 N–H and O–H groups in total. The van der Waals surface area contributed by atoms with Crippen LogP contribution in [0, 0.1) is 0 Å². The molecular weight excluding hydrogens is 342 g/mol. The summed E-state index contributed by atoms with van der Waals surface area (Å²) in [7, 11) is 0. The number of fused-ring (bicyclic) bond motifs is 1. The van der Waals surface area contributed by atoms with Crippen molar-refractivity contribution in [2.75, 3.05) is 30.0 Å². The minimum Gasteiger partial charge on any atom is -0.366 e. The highest BCUT2D eigenvalue weighted by atomic mass is 15.3. The molecule has 5 rings (SSSR count). The number of likely N-dealkylation sites (tertiary alicyclic amines) is 1. The molecule has 0 amide bonds. The molecule has 3 heteroatoms. The van der Waals surface area contributed by atoms with Gasteiger partial charge in [-0.1, -0.05) is 61.7 Å². The third-order valence-corrected chi connectivity index (χ3v) is 7.39. The van der Waals surface area contributed by atoms with Crippen molar-refractivity contribution in [2.24, 2.45) is 0 Å². The van der Waals surface area contributed by atoms with Crippen molar-refractivity contribution in [3.8, 4) is 0 Å². The normalized spacial score (nSPS) is 22.6. The summed E-state index contributed by atoms with van der Waals surface area (Å²) >= 11 is 0. The molecular formula is C25H33N3. The Kier molecular flexibility index (Phi) is 5.02. The van der Waals surface area contributed by atoms with Gasteiger partial charge in [0.25, 0.3) is 0 Å². The van der Waals surface area contributed by atoms with Crippen LogP contribution in [0.2, 0.25) is 0 Å². The lowest BCUT2D eigenvalue weighted by Crippen LogP contribution is -2.56. The third kappa shape index (κ3) is 3.41. The van der Waals surface area contributed by atoms with Gasteiger partial charge >= 0.3 is 0 Å². The van der Waals surface area contributed by atoms with Crippen molar-refractivity contribution in [1.29, 1.82) is 0 Å². The van der Waals surface area contributed by atoms with Gasteiger partial charge in [0.1, 0.15) is 0 Å². The summed E-state index contributed by atoms with van der Waals surface area (Å²) in [4.78, 5) is 5.49. The molecule has 148 valence electrons. The van der Waals surface area contributed by atoms with Crippen molar-refractivity contribution in [3.63, 3.8) is 0 Å². The van der Waals surface area contributed by atoms with Crippen molar-refractivity contribution >= 4 is 11.4 Å². The van der Waals surface area contributed by atoms with E-state index in [1.54, 1.807) is 0 Å². The molecule has 0 atom stereocenters. The second-order valence-electron chi connectivity index (χ2n) is 8.99. The van der Waals surface area contributed by atoms with E-state index in [-0.39, 0.29) is 0 Å². The van der Waals surface area contributed by atoms with Gasteiger partial charge in [0.15, 0.2) is 0 Å². The molecule has 2 aromatic carbocycles. The Morgan fingerprint density at radius 2 is 1.57 bits per heavy atom. The Hall–Kier alpha value is -2.00. The number of benzene rings is 2. The molecule has 0 bridgehead atoms. The van der Waals surface area contributed by atoms with Crippen LogP contribution < -0.4 is 10.2 Å². The lowest BCUT2D eigenvalue weighted by molar-refractivity contribution is 0.0288. The molecule has 1 saturated heterocycles. The van der Waals surface area contributed by atoms with E-state index in [9.17, 15) is 0 Å². The number of hydrogen-bond acceptors (Lipinski definition) is 3. The quantitative estimate of drug-likeness (QED) is 0.784. The fourth-order valence-corrected chi connectivity index (χ4v) is 5.90. The average Bonchev–Trinajstić information content (AvgIpc) is 3.19. The van der Waals surface area contributed by atoms with Gasteiger partial charge in [0, 0.05) is 24.7 Å². The molecule has 3 nitrogen and oxygen atoms in total. The second-order valence-corrected chi connectivity index (χ2v) is 8.99. The van der Waals surface area contributed by atoms with E-state index in [0.29, 0.717) is 11.6 Å². The largest absolute Gasteiger partial charge is 0.366 e. The summed E-state index contributed by atoms with van der Waals surface area (Å²) in [6, 6.07) is 20.7. The number of piperidine rings is 1. The summed E-state index contributed by atoms with van der Waals surface area (Å²) in [5.41, 5.74) is 4.62. The van der Waals surface area contributed by atoms with Crippen LogP contribution in [0.15, 0.2) is 54.6 Å². The number of hydrogen-bond donors (Lipinski definition) is 1. The molecule has 1 saturated carbocycles. The van der Waals surface area contributed by atoms with Gasteiger partial charge < -0.3 is 10.2 Å². The summed E-state index contributed by atoms with van der Waals surface area (Å²) in [6.07, 6.45) is 10.8. The molecule has 2 heterocycles. The van der Waals surface area contributed by atoms with Crippen LogP contribution in [0.5, 0.6) is 0 Å². The summed E-state index contributed by atoms with van der Waals surface area (Å²) in [5, 5.41) is 3.57. The third-order valence-electron chi connectivity index (χ3n) is 7.39. The van der Waals surface area contributed by atoms with Gasteiger partial charge in [-0.3, -0.25) is 4.90 Å². The Balaban J connectivity index is 1.29. The van der Waals surface area contributed by atoms with Gasteiger partial charge in [0.2, 0.25) is 0 Å². The lowest BCUT2D eigenvalue weighted by Gasteiger charge is -2.50. The predicted molar refractivity (Wildman–Crippen MR) is 118 cm³/mol. The van der Waals surface area contributed by atoms with Gasteiger partial charge in [0.05, 0.1) is 18.0 Å². The van der Waals surface area contributed by atoms with Crippen LogP contribution in [0.1, 0.15) is 50.5 Å². The molecule has 2 aromatic rings. The van der Waals surface area contributed by atoms with E-state index in [2.05, 4.69) is 69.7 Å². The first kappa shape index (κ1) is 18.1. The van der Waals surface area contributed by atoms with Crippen LogP contribution in [-0.2, 0) is 6.42 Å². The fourth-order valence-electron chi connectivity index (χ4n) is 5.90. The summed E-state index contributed by atoms with van der Waals surface area (Å²) in [6.45, 7) is 3.46. The van der Waals surface area contributed by atoms with Gasteiger partial charge in [-0.2, -0.15) is 0 Å². The van der Waals surface area contributed by atoms with E-state index < -0.39 is 0 Å². The highest BCUT2D eigenvalue weighted by Crippen LogP contribution is 2.40. The first-order valence-electron chi connectivity index (χ1n) is 11.2. The highest BCUT2D eigenvalue weighted by Gasteiger charge is 2.40. The number of para-hydroxylation sites is 2. The fraction of sp³-hybridized carbons (Fsp3) is 0.520. The van der Waals surface area contributed by atoms with Crippen molar-refractivity contribution < 1.29 is 0 Å². The number of nitrogens with one attached hydrogen (secondary N) is 1. The Bertz CT molecular complexity index is 773. The molecule has 0 radical (unpaired) electrons. The SMILES string of the molecule is c1ccc(CC2(N3CCC(N4CNc5ccccc54)CC3)CCCCC2)cc1. The molecule has 0 unspecified atom stereocenters.